The molecule has 0 aromatic carbocycles. The van der Waals surface area contributed by atoms with Gasteiger partial charge in [0.1, 0.15) is 0 Å². The third-order valence-corrected chi connectivity index (χ3v) is 1.09. The molecule has 6 heavy (non-hydrogen) atoms. The number of alkyl halides is 1. The molecule has 0 bridgehead atoms. The molecule has 1 atom stereocenters. The van der Waals surface area contributed by atoms with Crippen molar-refractivity contribution in [3.8, 4) is 0 Å². The van der Waals surface area contributed by atoms with Gasteiger partial charge in [-0.3, -0.25) is 0 Å². The molecule has 0 aromatic heterocycles. The van der Waals surface area contributed by atoms with E-state index in [9.17, 15) is 0 Å². The standard InChI is InChI=1S/C4H9ClO/c1-2-4(5)3-6/h4,6H,2-3H2,1H3/t4-/m1/s1. The molecule has 0 rings (SSSR count). The van der Waals surface area contributed by atoms with Gasteiger partial charge < -0.3 is 5.11 Å². The van der Waals surface area contributed by atoms with E-state index in [-0.39, 0.29) is 12.0 Å². The molecule has 0 aliphatic rings. The maximum atomic E-state index is 8.20. The van der Waals surface area contributed by atoms with Crippen molar-refractivity contribution in [3.05, 3.63) is 0 Å². The fourth-order valence-electron chi connectivity index (χ4n) is 0.129. The molecule has 0 aromatic rings. The third kappa shape index (κ3) is 2.49. The molecule has 0 spiro atoms. The van der Waals surface area contributed by atoms with Gasteiger partial charge >= 0.3 is 0 Å². The highest BCUT2D eigenvalue weighted by Crippen LogP contribution is 1.96. The predicted molar refractivity (Wildman–Crippen MR) is 27.0 cm³/mol. The summed E-state index contributed by atoms with van der Waals surface area (Å²) in [5.74, 6) is 0. The average molecular weight is 109 g/mol. The number of aliphatic hydroxyl groups excluding tert-OH is 1. The fourth-order valence-corrected chi connectivity index (χ4v) is 0.129. The zero-order chi connectivity index (χ0) is 4.99. The van der Waals surface area contributed by atoms with E-state index < -0.39 is 0 Å². The number of rotatable bonds is 2. The van der Waals surface area contributed by atoms with Crippen molar-refractivity contribution >= 4 is 11.6 Å². The Kier molecular flexibility index (Phi) is 3.58. The van der Waals surface area contributed by atoms with Crippen LogP contribution in [0.1, 0.15) is 13.3 Å². The molecule has 0 saturated heterocycles. The molecule has 0 radical (unpaired) electrons. The van der Waals surface area contributed by atoms with Gasteiger partial charge in [-0.1, -0.05) is 6.92 Å². The van der Waals surface area contributed by atoms with Gasteiger partial charge in [0.2, 0.25) is 0 Å². The average Bonchev–Trinajstić information content (AvgIpc) is 1.65. The topological polar surface area (TPSA) is 20.2 Å². The molecule has 0 aliphatic heterocycles. The quantitative estimate of drug-likeness (QED) is 0.524. The third-order valence-electron chi connectivity index (χ3n) is 0.641. The van der Waals surface area contributed by atoms with E-state index in [0.717, 1.165) is 6.42 Å². The highest BCUT2D eigenvalue weighted by molar-refractivity contribution is 6.20. The second-order valence-corrected chi connectivity index (χ2v) is 1.81. The monoisotopic (exact) mass is 108 g/mol. The molecule has 38 valence electrons. The van der Waals surface area contributed by atoms with E-state index in [1.165, 1.54) is 0 Å². The van der Waals surface area contributed by atoms with Crippen molar-refractivity contribution in [1.29, 1.82) is 0 Å². The number of halogens is 1. The van der Waals surface area contributed by atoms with Crippen molar-refractivity contribution in [1.82, 2.24) is 0 Å². The van der Waals surface area contributed by atoms with Crippen LogP contribution in [-0.4, -0.2) is 17.1 Å². The molecule has 0 amide bonds. The molecular formula is C4H9ClO. The Morgan fingerprint density at radius 2 is 2.33 bits per heavy atom. The highest BCUT2D eigenvalue weighted by Gasteiger charge is 1.93. The molecular weight excluding hydrogens is 99.5 g/mol. The number of aliphatic hydroxyl groups is 1. The fraction of sp³-hybridized carbons (Fsp3) is 1.00. The smallest absolute Gasteiger partial charge is 0.0595 e. The van der Waals surface area contributed by atoms with Gasteiger partial charge in [-0.2, -0.15) is 0 Å². The van der Waals surface area contributed by atoms with Crippen LogP contribution in [-0.2, 0) is 0 Å². The molecule has 0 saturated carbocycles. The first kappa shape index (κ1) is 6.25. The Labute approximate surface area is 42.9 Å². The van der Waals surface area contributed by atoms with Crippen molar-refractivity contribution in [3.63, 3.8) is 0 Å². The summed E-state index contributed by atoms with van der Waals surface area (Å²) < 4.78 is 0. The Hall–Kier alpha value is 0.250. The summed E-state index contributed by atoms with van der Waals surface area (Å²) >= 11 is 5.40. The first-order chi connectivity index (χ1) is 2.81. The molecule has 1 N–H and O–H groups in total. The number of hydrogen-bond donors (Lipinski definition) is 1. The van der Waals surface area contributed by atoms with Crippen LogP contribution in [0.15, 0.2) is 0 Å². The molecule has 0 fully saturated rings. The van der Waals surface area contributed by atoms with E-state index in [2.05, 4.69) is 0 Å². The van der Waals surface area contributed by atoms with E-state index in [4.69, 9.17) is 16.7 Å². The molecule has 0 unspecified atom stereocenters. The Morgan fingerprint density at radius 1 is 1.83 bits per heavy atom. The molecule has 0 aliphatic carbocycles. The first-order valence-corrected chi connectivity index (χ1v) is 2.49. The van der Waals surface area contributed by atoms with Gasteiger partial charge in [0.15, 0.2) is 0 Å². The zero-order valence-corrected chi connectivity index (χ0v) is 4.57. The van der Waals surface area contributed by atoms with Crippen LogP contribution in [0.2, 0.25) is 0 Å². The van der Waals surface area contributed by atoms with Crippen LogP contribution in [0.25, 0.3) is 0 Å². The Bertz CT molecular complexity index is 26.7. The van der Waals surface area contributed by atoms with E-state index in [1.54, 1.807) is 0 Å². The predicted octanol–water partition coefficient (Wildman–Crippen LogP) is 0.996. The minimum atomic E-state index is -0.0370. The van der Waals surface area contributed by atoms with E-state index >= 15 is 0 Å². The first-order valence-electron chi connectivity index (χ1n) is 2.06. The van der Waals surface area contributed by atoms with Gasteiger partial charge in [-0.25, -0.2) is 0 Å². The Balaban J connectivity index is 2.75. The summed E-state index contributed by atoms with van der Waals surface area (Å²) in [6.07, 6.45) is 0.845. The zero-order valence-electron chi connectivity index (χ0n) is 3.82. The minimum absolute atomic E-state index is 0.0370. The van der Waals surface area contributed by atoms with Gasteiger partial charge in [0, 0.05) is 0 Å². The summed E-state index contributed by atoms with van der Waals surface area (Å²) in [4.78, 5) is 0. The lowest BCUT2D eigenvalue weighted by molar-refractivity contribution is 0.290. The summed E-state index contributed by atoms with van der Waals surface area (Å²) in [6.45, 7) is 2.03. The van der Waals surface area contributed by atoms with Crippen LogP contribution in [0.5, 0.6) is 0 Å². The SMILES string of the molecule is CC[C@@H](Cl)CO. The van der Waals surface area contributed by atoms with Crippen LogP contribution in [0, 0.1) is 0 Å². The molecule has 1 nitrogen and oxygen atoms in total. The summed E-state index contributed by atoms with van der Waals surface area (Å²) in [5, 5.41) is 8.17. The van der Waals surface area contributed by atoms with Crippen LogP contribution < -0.4 is 0 Å². The van der Waals surface area contributed by atoms with Crippen LogP contribution >= 0.6 is 11.6 Å². The van der Waals surface area contributed by atoms with Gasteiger partial charge in [0.25, 0.3) is 0 Å². The Morgan fingerprint density at radius 3 is 2.33 bits per heavy atom. The lowest BCUT2D eigenvalue weighted by Crippen LogP contribution is -2.00. The van der Waals surface area contributed by atoms with Crippen molar-refractivity contribution in [2.24, 2.45) is 0 Å². The highest BCUT2D eigenvalue weighted by atomic mass is 35.5. The maximum Gasteiger partial charge on any atom is 0.0595 e. The normalized spacial score (nSPS) is 14.5. The van der Waals surface area contributed by atoms with Crippen molar-refractivity contribution in [2.45, 2.75) is 18.7 Å². The van der Waals surface area contributed by atoms with E-state index in [0.29, 0.717) is 0 Å². The lowest BCUT2D eigenvalue weighted by atomic mass is 10.4. The van der Waals surface area contributed by atoms with Crippen LogP contribution in [0.3, 0.4) is 0 Å². The molecule has 2 heteroatoms. The van der Waals surface area contributed by atoms with E-state index in [1.807, 2.05) is 6.92 Å². The van der Waals surface area contributed by atoms with Gasteiger partial charge in [-0.15, -0.1) is 11.6 Å². The summed E-state index contributed by atoms with van der Waals surface area (Å²) in [7, 11) is 0. The van der Waals surface area contributed by atoms with Crippen molar-refractivity contribution < 1.29 is 5.11 Å². The van der Waals surface area contributed by atoms with Crippen molar-refractivity contribution in [2.75, 3.05) is 6.61 Å². The summed E-state index contributed by atoms with van der Waals surface area (Å²) in [5.41, 5.74) is 0. The van der Waals surface area contributed by atoms with Gasteiger partial charge in [0.05, 0.1) is 12.0 Å². The minimum Gasteiger partial charge on any atom is -0.395 e. The number of hydrogen-bond acceptors (Lipinski definition) is 1. The maximum absolute atomic E-state index is 8.20. The largest absolute Gasteiger partial charge is 0.395 e. The summed E-state index contributed by atoms with van der Waals surface area (Å²) in [6, 6.07) is 0. The van der Waals surface area contributed by atoms with Gasteiger partial charge in [-0.05, 0) is 6.42 Å². The second kappa shape index (κ2) is 3.44. The molecule has 0 heterocycles. The van der Waals surface area contributed by atoms with Crippen LogP contribution in [0.4, 0.5) is 0 Å². The second-order valence-electron chi connectivity index (χ2n) is 1.19. The lowest BCUT2D eigenvalue weighted by Gasteiger charge is -1.95.